The van der Waals surface area contributed by atoms with Crippen LogP contribution in [0.3, 0.4) is 0 Å². The molecule has 0 aliphatic carbocycles. The molecule has 2 atom stereocenters. The first-order chi connectivity index (χ1) is 10.8. The van der Waals surface area contributed by atoms with Crippen LogP contribution in [0.25, 0.3) is 0 Å². The van der Waals surface area contributed by atoms with Crippen molar-refractivity contribution in [3.05, 3.63) is 52.5 Å². The molecule has 4 rings (SSSR count). The lowest BCUT2D eigenvalue weighted by molar-refractivity contribution is 0.0774. The van der Waals surface area contributed by atoms with Gasteiger partial charge in [-0.15, -0.1) is 0 Å². The van der Waals surface area contributed by atoms with Crippen molar-refractivity contribution in [3.63, 3.8) is 0 Å². The number of rotatable bonds is 3. The highest BCUT2D eigenvalue weighted by molar-refractivity contribution is 7.08. The van der Waals surface area contributed by atoms with Crippen molar-refractivity contribution in [3.8, 4) is 0 Å². The number of thiophene rings is 1. The molecule has 0 saturated carbocycles. The van der Waals surface area contributed by atoms with Crippen LogP contribution in [0.2, 0.25) is 0 Å². The van der Waals surface area contributed by atoms with Gasteiger partial charge in [0.15, 0.2) is 0 Å². The molecule has 0 radical (unpaired) electrons. The maximum Gasteiger partial charge on any atom is 0.254 e. The summed E-state index contributed by atoms with van der Waals surface area (Å²) in [6, 6.07) is 6.05. The molecule has 0 spiro atoms. The van der Waals surface area contributed by atoms with Crippen LogP contribution in [0.4, 0.5) is 0 Å². The minimum absolute atomic E-state index is 0.203. The predicted octanol–water partition coefficient (Wildman–Crippen LogP) is 2.35. The van der Waals surface area contributed by atoms with E-state index in [0.29, 0.717) is 11.8 Å². The summed E-state index contributed by atoms with van der Waals surface area (Å²) in [7, 11) is 0. The molecule has 2 aliphatic rings. The Hall–Kier alpha value is -1.72. The summed E-state index contributed by atoms with van der Waals surface area (Å²) >= 11 is 1.59. The Bertz CT molecular complexity index is 629. The van der Waals surface area contributed by atoms with Crippen molar-refractivity contribution in [1.29, 1.82) is 0 Å². The van der Waals surface area contributed by atoms with Gasteiger partial charge in [0.2, 0.25) is 0 Å². The van der Waals surface area contributed by atoms with Crippen molar-refractivity contribution in [1.82, 2.24) is 14.8 Å². The monoisotopic (exact) mass is 313 g/mol. The Morgan fingerprint density at radius 1 is 1.23 bits per heavy atom. The van der Waals surface area contributed by atoms with Gasteiger partial charge in [0.25, 0.3) is 5.91 Å². The molecule has 22 heavy (non-hydrogen) atoms. The average Bonchev–Trinajstić information content (AvgIpc) is 3.23. The van der Waals surface area contributed by atoms with Crippen LogP contribution < -0.4 is 0 Å². The fourth-order valence-corrected chi connectivity index (χ4v) is 4.33. The van der Waals surface area contributed by atoms with E-state index >= 15 is 0 Å². The molecule has 2 saturated heterocycles. The molecule has 0 aromatic carbocycles. The van der Waals surface area contributed by atoms with Gasteiger partial charge in [-0.05, 0) is 34.9 Å². The third kappa shape index (κ3) is 2.66. The minimum atomic E-state index is 0.203. The smallest absolute Gasteiger partial charge is 0.254 e. The maximum absolute atomic E-state index is 12.4. The molecule has 1 amide bonds. The number of hydrogen-bond acceptors (Lipinski definition) is 4. The molecule has 0 unspecified atom stereocenters. The van der Waals surface area contributed by atoms with Crippen molar-refractivity contribution < 1.29 is 4.79 Å². The zero-order valence-electron chi connectivity index (χ0n) is 12.4. The third-order valence-corrected chi connectivity index (χ3v) is 5.43. The van der Waals surface area contributed by atoms with E-state index < -0.39 is 0 Å². The average molecular weight is 313 g/mol. The van der Waals surface area contributed by atoms with Gasteiger partial charge in [-0.2, -0.15) is 11.3 Å². The Morgan fingerprint density at radius 3 is 2.68 bits per heavy atom. The van der Waals surface area contributed by atoms with Gasteiger partial charge in [-0.25, -0.2) is 0 Å². The van der Waals surface area contributed by atoms with Crippen LogP contribution in [0.5, 0.6) is 0 Å². The van der Waals surface area contributed by atoms with E-state index in [-0.39, 0.29) is 5.91 Å². The molecule has 4 nitrogen and oxygen atoms in total. The number of pyridine rings is 1. The molecule has 114 valence electrons. The molecule has 2 aliphatic heterocycles. The highest BCUT2D eigenvalue weighted by Gasteiger charge is 2.41. The molecule has 2 fully saturated rings. The molecule has 0 N–H and O–H groups in total. The number of nitrogens with zero attached hydrogens (tertiary/aromatic N) is 3. The number of carbonyl (C=O) groups is 1. The second-order valence-electron chi connectivity index (χ2n) is 6.30. The summed E-state index contributed by atoms with van der Waals surface area (Å²) in [5.41, 5.74) is 2.12. The molecule has 2 aromatic rings. The Labute approximate surface area is 134 Å². The van der Waals surface area contributed by atoms with E-state index in [1.165, 1.54) is 5.56 Å². The molecular weight excluding hydrogens is 294 g/mol. The van der Waals surface area contributed by atoms with Crippen molar-refractivity contribution in [2.24, 2.45) is 11.8 Å². The summed E-state index contributed by atoms with van der Waals surface area (Å²) in [5.74, 6) is 1.45. The van der Waals surface area contributed by atoms with E-state index in [4.69, 9.17) is 0 Å². The molecule has 0 bridgehead atoms. The summed E-state index contributed by atoms with van der Waals surface area (Å²) in [6.45, 7) is 4.96. The number of aromatic nitrogens is 1. The maximum atomic E-state index is 12.4. The van der Waals surface area contributed by atoms with E-state index in [2.05, 4.69) is 16.0 Å². The quantitative estimate of drug-likeness (QED) is 0.873. The van der Waals surface area contributed by atoms with Gasteiger partial charge in [0.05, 0.1) is 5.56 Å². The number of carbonyl (C=O) groups excluding carboxylic acids is 1. The van der Waals surface area contributed by atoms with Gasteiger partial charge in [0.1, 0.15) is 0 Å². The highest BCUT2D eigenvalue weighted by Crippen LogP contribution is 2.32. The number of amides is 1. The standard InChI is InChI=1S/C17H19N3OS/c21-17(14-3-5-22-12-14)20-10-15-8-19(9-16(15)11-20)7-13-2-1-4-18-6-13/h1-6,12,15-16H,7-11H2/t15-,16-/m1/s1. The van der Waals surface area contributed by atoms with Crippen molar-refractivity contribution in [2.75, 3.05) is 26.2 Å². The molecule has 5 heteroatoms. The van der Waals surface area contributed by atoms with Gasteiger partial charge in [0, 0.05) is 50.5 Å². The highest BCUT2D eigenvalue weighted by atomic mass is 32.1. The lowest BCUT2D eigenvalue weighted by atomic mass is 10.0. The Morgan fingerprint density at radius 2 is 2.05 bits per heavy atom. The van der Waals surface area contributed by atoms with Crippen LogP contribution in [0.15, 0.2) is 41.4 Å². The zero-order chi connectivity index (χ0) is 14.9. The SMILES string of the molecule is O=C(c1ccsc1)N1C[C@H]2CN(Cc3cccnc3)C[C@@H]2C1. The van der Waals surface area contributed by atoms with E-state index in [0.717, 1.165) is 38.3 Å². The predicted molar refractivity (Wildman–Crippen MR) is 86.7 cm³/mol. The van der Waals surface area contributed by atoms with Crippen molar-refractivity contribution in [2.45, 2.75) is 6.54 Å². The zero-order valence-corrected chi connectivity index (χ0v) is 13.2. The minimum Gasteiger partial charge on any atom is -0.338 e. The first-order valence-corrected chi connectivity index (χ1v) is 8.66. The first kappa shape index (κ1) is 13.9. The van der Waals surface area contributed by atoms with Gasteiger partial charge in [-0.1, -0.05) is 6.07 Å². The van der Waals surface area contributed by atoms with Gasteiger partial charge < -0.3 is 4.90 Å². The fourth-order valence-electron chi connectivity index (χ4n) is 3.70. The van der Waals surface area contributed by atoms with Crippen LogP contribution >= 0.6 is 11.3 Å². The number of fused-ring (bicyclic) bond motifs is 1. The number of likely N-dealkylation sites (tertiary alicyclic amines) is 2. The Kier molecular flexibility index (Phi) is 3.68. The Balaban J connectivity index is 1.36. The second kappa shape index (κ2) is 5.82. The first-order valence-electron chi connectivity index (χ1n) is 7.72. The van der Waals surface area contributed by atoms with Crippen LogP contribution in [0, 0.1) is 11.8 Å². The summed E-state index contributed by atoms with van der Waals surface area (Å²) < 4.78 is 0. The van der Waals surface area contributed by atoms with Crippen LogP contribution in [-0.4, -0.2) is 46.9 Å². The topological polar surface area (TPSA) is 36.4 Å². The van der Waals surface area contributed by atoms with Crippen molar-refractivity contribution >= 4 is 17.2 Å². The fraction of sp³-hybridized carbons (Fsp3) is 0.412. The van der Waals surface area contributed by atoms with Gasteiger partial charge in [-0.3, -0.25) is 14.7 Å². The van der Waals surface area contributed by atoms with Crippen LogP contribution in [-0.2, 0) is 6.54 Å². The normalized spacial score (nSPS) is 24.6. The summed E-state index contributed by atoms with van der Waals surface area (Å²) in [6.07, 6.45) is 3.76. The summed E-state index contributed by atoms with van der Waals surface area (Å²) in [4.78, 5) is 21.1. The number of hydrogen-bond donors (Lipinski definition) is 0. The molecule has 4 heterocycles. The second-order valence-corrected chi connectivity index (χ2v) is 7.08. The molecular formula is C17H19N3OS. The van der Waals surface area contributed by atoms with Gasteiger partial charge >= 0.3 is 0 Å². The molecule has 2 aromatic heterocycles. The van der Waals surface area contributed by atoms with E-state index in [1.54, 1.807) is 11.3 Å². The van der Waals surface area contributed by atoms with E-state index in [1.807, 2.05) is 40.2 Å². The lowest BCUT2D eigenvalue weighted by Gasteiger charge is -2.21. The lowest BCUT2D eigenvalue weighted by Crippen LogP contribution is -2.32. The largest absolute Gasteiger partial charge is 0.338 e. The van der Waals surface area contributed by atoms with E-state index in [9.17, 15) is 4.79 Å². The third-order valence-electron chi connectivity index (χ3n) is 4.75. The van der Waals surface area contributed by atoms with Crippen LogP contribution in [0.1, 0.15) is 15.9 Å². The summed E-state index contributed by atoms with van der Waals surface area (Å²) in [5, 5.41) is 3.92.